The van der Waals surface area contributed by atoms with Crippen molar-refractivity contribution in [3.05, 3.63) is 42.2 Å². The minimum atomic E-state index is -0.377. The Bertz CT molecular complexity index is 814. The molecule has 0 bridgehead atoms. The lowest BCUT2D eigenvalue weighted by molar-refractivity contribution is 0.355. The molecule has 1 aromatic heterocycles. The standard InChI is InChI=1S/C15H14FN3O2/c1-20-13-7-10-12(8-14(13)21-2)19(15(17)18-10)11-6-4-3-5-9(11)16/h3-8H,1-2H3,(H2,17,18). The van der Waals surface area contributed by atoms with E-state index in [9.17, 15) is 4.39 Å². The van der Waals surface area contributed by atoms with Crippen molar-refractivity contribution < 1.29 is 13.9 Å². The Hall–Kier alpha value is -2.76. The predicted molar refractivity (Wildman–Crippen MR) is 78.5 cm³/mol. The molecule has 0 fully saturated rings. The van der Waals surface area contributed by atoms with Crippen molar-refractivity contribution in [3.8, 4) is 17.2 Å². The average Bonchev–Trinajstić information content (AvgIpc) is 2.81. The molecule has 0 amide bonds. The lowest BCUT2D eigenvalue weighted by Gasteiger charge is -2.10. The molecule has 0 aliphatic heterocycles. The summed E-state index contributed by atoms with van der Waals surface area (Å²) < 4.78 is 26.1. The number of anilines is 1. The lowest BCUT2D eigenvalue weighted by atomic mass is 10.2. The van der Waals surface area contributed by atoms with Gasteiger partial charge in [0.25, 0.3) is 0 Å². The molecule has 0 saturated carbocycles. The van der Waals surface area contributed by atoms with E-state index in [1.54, 1.807) is 42.0 Å². The zero-order valence-corrected chi connectivity index (χ0v) is 11.6. The summed E-state index contributed by atoms with van der Waals surface area (Å²) in [6, 6.07) is 9.82. The van der Waals surface area contributed by atoms with Crippen LogP contribution in [0.2, 0.25) is 0 Å². The van der Waals surface area contributed by atoms with Gasteiger partial charge in [-0.1, -0.05) is 12.1 Å². The molecule has 108 valence electrons. The zero-order valence-electron chi connectivity index (χ0n) is 11.6. The maximum atomic E-state index is 14.0. The van der Waals surface area contributed by atoms with Crippen LogP contribution in [0.3, 0.4) is 0 Å². The topological polar surface area (TPSA) is 62.3 Å². The Labute approximate surface area is 120 Å². The molecule has 21 heavy (non-hydrogen) atoms. The minimum Gasteiger partial charge on any atom is -0.493 e. The first-order chi connectivity index (χ1) is 10.2. The first-order valence-corrected chi connectivity index (χ1v) is 6.30. The number of rotatable bonds is 3. The van der Waals surface area contributed by atoms with Gasteiger partial charge >= 0.3 is 0 Å². The highest BCUT2D eigenvalue weighted by atomic mass is 19.1. The number of nitrogens with zero attached hydrogens (tertiary/aromatic N) is 2. The van der Waals surface area contributed by atoms with E-state index in [0.29, 0.717) is 28.2 Å². The van der Waals surface area contributed by atoms with Crippen LogP contribution in [-0.4, -0.2) is 23.8 Å². The molecule has 5 nitrogen and oxygen atoms in total. The molecule has 2 N–H and O–H groups in total. The number of hydrogen-bond donors (Lipinski definition) is 1. The maximum Gasteiger partial charge on any atom is 0.206 e. The largest absolute Gasteiger partial charge is 0.493 e. The minimum absolute atomic E-state index is 0.199. The number of imidazole rings is 1. The van der Waals surface area contributed by atoms with Crippen molar-refractivity contribution in [2.24, 2.45) is 0 Å². The van der Waals surface area contributed by atoms with Gasteiger partial charge in [-0.3, -0.25) is 4.57 Å². The van der Waals surface area contributed by atoms with E-state index < -0.39 is 0 Å². The monoisotopic (exact) mass is 287 g/mol. The number of nitrogens with two attached hydrogens (primary N) is 1. The Morgan fingerprint density at radius 2 is 1.76 bits per heavy atom. The number of methoxy groups -OCH3 is 2. The van der Waals surface area contributed by atoms with E-state index in [1.165, 1.54) is 13.2 Å². The van der Waals surface area contributed by atoms with Crippen LogP contribution in [0.1, 0.15) is 0 Å². The number of halogens is 1. The van der Waals surface area contributed by atoms with Gasteiger partial charge in [-0.15, -0.1) is 0 Å². The zero-order chi connectivity index (χ0) is 15.0. The number of aromatic nitrogens is 2. The number of ether oxygens (including phenoxy) is 2. The summed E-state index contributed by atoms with van der Waals surface area (Å²) in [4.78, 5) is 4.25. The van der Waals surface area contributed by atoms with Gasteiger partial charge in [0.2, 0.25) is 5.95 Å². The van der Waals surface area contributed by atoms with E-state index in [1.807, 2.05) is 0 Å². The predicted octanol–water partition coefficient (Wildman–Crippen LogP) is 2.76. The van der Waals surface area contributed by atoms with Crippen LogP contribution in [-0.2, 0) is 0 Å². The maximum absolute atomic E-state index is 14.0. The second kappa shape index (κ2) is 4.97. The summed E-state index contributed by atoms with van der Waals surface area (Å²) in [6.45, 7) is 0. The van der Waals surface area contributed by atoms with Gasteiger partial charge in [-0.05, 0) is 12.1 Å². The molecule has 3 rings (SSSR count). The van der Waals surface area contributed by atoms with Crippen molar-refractivity contribution in [1.82, 2.24) is 9.55 Å². The van der Waals surface area contributed by atoms with Gasteiger partial charge in [0.05, 0.1) is 30.9 Å². The fourth-order valence-electron chi connectivity index (χ4n) is 2.31. The molecule has 0 spiro atoms. The van der Waals surface area contributed by atoms with Crippen molar-refractivity contribution in [1.29, 1.82) is 0 Å². The van der Waals surface area contributed by atoms with Crippen LogP contribution in [0.5, 0.6) is 11.5 Å². The summed E-state index contributed by atoms with van der Waals surface area (Å²) in [6.07, 6.45) is 0. The number of nitrogen functional groups attached to an aromatic ring is 1. The van der Waals surface area contributed by atoms with E-state index in [2.05, 4.69) is 4.98 Å². The van der Waals surface area contributed by atoms with Crippen LogP contribution in [0.25, 0.3) is 16.7 Å². The summed E-state index contributed by atoms with van der Waals surface area (Å²) in [5, 5.41) is 0. The molecular weight excluding hydrogens is 273 g/mol. The molecule has 0 saturated heterocycles. The van der Waals surface area contributed by atoms with Crippen LogP contribution in [0.15, 0.2) is 36.4 Å². The molecule has 0 unspecified atom stereocenters. The fourth-order valence-corrected chi connectivity index (χ4v) is 2.31. The van der Waals surface area contributed by atoms with Crippen LogP contribution in [0.4, 0.5) is 10.3 Å². The van der Waals surface area contributed by atoms with E-state index >= 15 is 0 Å². The smallest absolute Gasteiger partial charge is 0.206 e. The Morgan fingerprint density at radius 1 is 1.10 bits per heavy atom. The second-order valence-corrected chi connectivity index (χ2v) is 4.45. The van der Waals surface area contributed by atoms with Crippen LogP contribution in [0, 0.1) is 5.82 Å². The average molecular weight is 287 g/mol. The quantitative estimate of drug-likeness (QED) is 0.804. The highest BCUT2D eigenvalue weighted by molar-refractivity contribution is 5.84. The summed E-state index contributed by atoms with van der Waals surface area (Å²) >= 11 is 0. The van der Waals surface area contributed by atoms with Gasteiger partial charge in [-0.25, -0.2) is 9.37 Å². The van der Waals surface area contributed by atoms with E-state index in [0.717, 1.165) is 0 Å². The molecule has 6 heteroatoms. The van der Waals surface area contributed by atoms with Gasteiger partial charge in [0.1, 0.15) is 5.82 Å². The second-order valence-electron chi connectivity index (χ2n) is 4.45. The number of benzene rings is 2. The number of fused-ring (bicyclic) bond motifs is 1. The summed E-state index contributed by atoms with van der Waals surface area (Å²) in [7, 11) is 3.08. The third kappa shape index (κ3) is 2.05. The van der Waals surface area contributed by atoms with Crippen LogP contribution >= 0.6 is 0 Å². The molecule has 3 aromatic rings. The molecular formula is C15H14FN3O2. The first kappa shape index (κ1) is 13.2. The molecule has 0 atom stereocenters. The molecule has 0 aliphatic carbocycles. The van der Waals surface area contributed by atoms with Crippen molar-refractivity contribution in [2.75, 3.05) is 20.0 Å². The van der Waals surface area contributed by atoms with Gasteiger partial charge in [-0.2, -0.15) is 0 Å². The molecule has 0 aliphatic rings. The Morgan fingerprint density at radius 3 is 2.43 bits per heavy atom. The third-order valence-corrected chi connectivity index (χ3v) is 3.28. The van der Waals surface area contributed by atoms with Gasteiger partial charge < -0.3 is 15.2 Å². The molecule has 2 aromatic carbocycles. The van der Waals surface area contributed by atoms with E-state index in [4.69, 9.17) is 15.2 Å². The normalized spacial score (nSPS) is 10.8. The molecule has 1 heterocycles. The first-order valence-electron chi connectivity index (χ1n) is 6.30. The van der Waals surface area contributed by atoms with Gasteiger partial charge in [0.15, 0.2) is 11.5 Å². The Balaban J connectivity index is 2.33. The SMILES string of the molecule is COc1cc2nc(N)n(-c3ccccc3F)c2cc1OC. The number of para-hydroxylation sites is 1. The van der Waals surface area contributed by atoms with Crippen molar-refractivity contribution in [2.45, 2.75) is 0 Å². The summed E-state index contributed by atoms with van der Waals surface area (Å²) in [5.41, 5.74) is 7.53. The van der Waals surface area contributed by atoms with E-state index in [-0.39, 0.29) is 11.8 Å². The third-order valence-electron chi connectivity index (χ3n) is 3.28. The van der Waals surface area contributed by atoms with Crippen molar-refractivity contribution in [3.63, 3.8) is 0 Å². The Kier molecular flexibility index (Phi) is 3.13. The highest BCUT2D eigenvalue weighted by Crippen LogP contribution is 2.34. The lowest BCUT2D eigenvalue weighted by Crippen LogP contribution is -2.02. The van der Waals surface area contributed by atoms with Crippen LogP contribution < -0.4 is 15.2 Å². The number of hydrogen-bond acceptors (Lipinski definition) is 4. The highest BCUT2D eigenvalue weighted by Gasteiger charge is 2.16. The van der Waals surface area contributed by atoms with Crippen molar-refractivity contribution >= 4 is 17.0 Å². The fraction of sp³-hybridized carbons (Fsp3) is 0.133. The summed E-state index contributed by atoms with van der Waals surface area (Å²) in [5.74, 6) is 0.898. The van der Waals surface area contributed by atoms with Gasteiger partial charge in [0, 0.05) is 12.1 Å². The molecule has 0 radical (unpaired) electrons.